The van der Waals surface area contributed by atoms with E-state index in [-0.39, 0.29) is 11.6 Å². The van der Waals surface area contributed by atoms with Crippen LogP contribution in [0.2, 0.25) is 0 Å². The van der Waals surface area contributed by atoms with Gasteiger partial charge in [-0.15, -0.1) is 11.3 Å². The first kappa shape index (κ1) is 10.1. The molecule has 3 heteroatoms. The molecule has 2 atom stereocenters. The van der Waals surface area contributed by atoms with E-state index in [1.807, 2.05) is 11.3 Å². The quantitative estimate of drug-likeness (QED) is 0.809. The topological polar surface area (TPSA) is 21.3 Å². The van der Waals surface area contributed by atoms with Gasteiger partial charge in [0.05, 0.1) is 11.6 Å². The Bertz CT molecular complexity index is 323. The van der Waals surface area contributed by atoms with Crippen LogP contribution < -0.4 is 5.32 Å². The van der Waals surface area contributed by atoms with Gasteiger partial charge in [0, 0.05) is 18.5 Å². The zero-order valence-corrected chi connectivity index (χ0v) is 9.78. The van der Waals surface area contributed by atoms with E-state index < -0.39 is 0 Å². The summed E-state index contributed by atoms with van der Waals surface area (Å²) in [7, 11) is 1.78. The third-order valence-electron chi connectivity index (χ3n) is 3.32. The fourth-order valence-electron chi connectivity index (χ4n) is 2.13. The normalized spacial score (nSPS) is 28.5. The summed E-state index contributed by atoms with van der Waals surface area (Å²) < 4.78 is 5.46. The second kappa shape index (κ2) is 3.65. The van der Waals surface area contributed by atoms with Gasteiger partial charge >= 0.3 is 0 Å². The first-order valence-electron chi connectivity index (χ1n) is 5.03. The molecule has 0 bridgehead atoms. The maximum Gasteiger partial charge on any atom is 0.0764 e. The predicted molar refractivity (Wildman–Crippen MR) is 59.8 cm³/mol. The standard InChI is InChI=1S/C11H17NOS/c1-8(13-3)11(2)9-5-7-14-10(9)4-6-12-11/h5,7-8,12H,4,6H2,1-3H3. The molecule has 78 valence electrons. The monoisotopic (exact) mass is 211 g/mol. The van der Waals surface area contributed by atoms with Crippen LogP contribution in [-0.4, -0.2) is 19.8 Å². The van der Waals surface area contributed by atoms with Crippen LogP contribution in [0, 0.1) is 0 Å². The maximum absolute atomic E-state index is 5.46. The molecule has 1 aliphatic heterocycles. The lowest BCUT2D eigenvalue weighted by molar-refractivity contribution is 0.0336. The van der Waals surface area contributed by atoms with E-state index in [9.17, 15) is 0 Å². The van der Waals surface area contributed by atoms with E-state index in [4.69, 9.17) is 4.74 Å². The summed E-state index contributed by atoms with van der Waals surface area (Å²) >= 11 is 1.86. The molecule has 2 unspecified atom stereocenters. The molecular weight excluding hydrogens is 194 g/mol. The number of rotatable bonds is 2. The SMILES string of the molecule is COC(C)C1(C)NCCc2sccc21. The second-order valence-electron chi connectivity index (χ2n) is 4.01. The van der Waals surface area contributed by atoms with E-state index in [1.165, 1.54) is 10.4 Å². The van der Waals surface area contributed by atoms with Crippen LogP contribution in [0.25, 0.3) is 0 Å². The molecule has 0 amide bonds. The maximum atomic E-state index is 5.46. The molecule has 1 aromatic heterocycles. The minimum absolute atomic E-state index is 0.0116. The van der Waals surface area contributed by atoms with E-state index in [0.29, 0.717) is 0 Å². The van der Waals surface area contributed by atoms with Crippen molar-refractivity contribution in [2.45, 2.75) is 31.9 Å². The zero-order chi connectivity index (χ0) is 10.2. The van der Waals surface area contributed by atoms with Gasteiger partial charge in [-0.1, -0.05) is 0 Å². The summed E-state index contributed by atoms with van der Waals surface area (Å²) in [6, 6.07) is 2.22. The highest BCUT2D eigenvalue weighted by atomic mass is 32.1. The van der Waals surface area contributed by atoms with Crippen molar-refractivity contribution in [3.05, 3.63) is 21.9 Å². The van der Waals surface area contributed by atoms with E-state index >= 15 is 0 Å². The minimum atomic E-state index is -0.0116. The molecule has 2 rings (SSSR count). The Morgan fingerprint density at radius 1 is 1.64 bits per heavy atom. The van der Waals surface area contributed by atoms with Gasteiger partial charge in [0.15, 0.2) is 0 Å². The van der Waals surface area contributed by atoms with Crippen LogP contribution in [0.3, 0.4) is 0 Å². The molecule has 14 heavy (non-hydrogen) atoms. The highest BCUT2D eigenvalue weighted by Gasteiger charge is 2.37. The molecule has 2 nitrogen and oxygen atoms in total. The number of hydrogen-bond donors (Lipinski definition) is 1. The molecule has 0 aliphatic carbocycles. The summed E-state index contributed by atoms with van der Waals surface area (Å²) in [5.41, 5.74) is 1.41. The van der Waals surface area contributed by atoms with Crippen LogP contribution >= 0.6 is 11.3 Å². The molecule has 2 heterocycles. The smallest absolute Gasteiger partial charge is 0.0764 e. The van der Waals surface area contributed by atoms with Crippen LogP contribution in [0.4, 0.5) is 0 Å². The number of nitrogens with one attached hydrogen (secondary N) is 1. The lowest BCUT2D eigenvalue weighted by Crippen LogP contribution is -2.52. The Labute approximate surface area is 89.3 Å². The number of thiophene rings is 1. The van der Waals surface area contributed by atoms with Gasteiger partial charge in [0.25, 0.3) is 0 Å². The van der Waals surface area contributed by atoms with E-state index in [1.54, 1.807) is 7.11 Å². The van der Waals surface area contributed by atoms with Gasteiger partial charge in [-0.25, -0.2) is 0 Å². The van der Waals surface area contributed by atoms with Crippen molar-refractivity contribution < 1.29 is 4.74 Å². The van der Waals surface area contributed by atoms with Gasteiger partial charge in [0.1, 0.15) is 0 Å². The molecule has 1 aromatic rings. The van der Waals surface area contributed by atoms with Crippen molar-refractivity contribution in [3.8, 4) is 0 Å². The predicted octanol–water partition coefficient (Wildman–Crippen LogP) is 2.14. The van der Waals surface area contributed by atoms with Crippen molar-refractivity contribution in [2.24, 2.45) is 0 Å². The van der Waals surface area contributed by atoms with Crippen LogP contribution in [0.5, 0.6) is 0 Å². The molecule has 1 N–H and O–H groups in total. The highest BCUT2D eigenvalue weighted by Crippen LogP contribution is 2.35. The van der Waals surface area contributed by atoms with Gasteiger partial charge < -0.3 is 10.1 Å². The van der Waals surface area contributed by atoms with Gasteiger partial charge in [0.2, 0.25) is 0 Å². The minimum Gasteiger partial charge on any atom is -0.379 e. The third kappa shape index (κ3) is 1.40. The first-order valence-corrected chi connectivity index (χ1v) is 5.91. The van der Waals surface area contributed by atoms with E-state index in [2.05, 4.69) is 30.6 Å². The number of methoxy groups -OCH3 is 1. The second-order valence-corrected chi connectivity index (χ2v) is 5.02. The lowest BCUT2D eigenvalue weighted by atomic mass is 9.84. The summed E-state index contributed by atoms with van der Waals surface area (Å²) in [6.07, 6.45) is 1.36. The van der Waals surface area contributed by atoms with Crippen LogP contribution in [-0.2, 0) is 16.7 Å². The summed E-state index contributed by atoms with van der Waals surface area (Å²) in [5, 5.41) is 5.75. The Balaban J connectivity index is 2.39. The average Bonchev–Trinajstić information content (AvgIpc) is 2.66. The molecule has 0 aromatic carbocycles. The Hall–Kier alpha value is -0.380. The lowest BCUT2D eigenvalue weighted by Gasteiger charge is -2.39. The van der Waals surface area contributed by atoms with Crippen molar-refractivity contribution in [2.75, 3.05) is 13.7 Å². The summed E-state index contributed by atoms with van der Waals surface area (Å²) in [6.45, 7) is 5.41. The van der Waals surface area contributed by atoms with Gasteiger partial charge in [-0.05, 0) is 37.3 Å². The highest BCUT2D eigenvalue weighted by molar-refractivity contribution is 7.10. The van der Waals surface area contributed by atoms with Crippen molar-refractivity contribution in [1.82, 2.24) is 5.32 Å². The van der Waals surface area contributed by atoms with Crippen molar-refractivity contribution in [1.29, 1.82) is 0 Å². The zero-order valence-electron chi connectivity index (χ0n) is 8.96. The molecular formula is C11H17NOS. The number of ether oxygens (including phenoxy) is 1. The van der Waals surface area contributed by atoms with Gasteiger partial charge in [-0.3, -0.25) is 0 Å². The van der Waals surface area contributed by atoms with Crippen LogP contribution in [0.15, 0.2) is 11.4 Å². The molecule has 0 radical (unpaired) electrons. The third-order valence-corrected chi connectivity index (χ3v) is 4.30. The Morgan fingerprint density at radius 3 is 3.14 bits per heavy atom. The van der Waals surface area contributed by atoms with Crippen molar-refractivity contribution in [3.63, 3.8) is 0 Å². The fourth-order valence-corrected chi connectivity index (χ4v) is 3.12. The molecule has 0 saturated heterocycles. The summed E-state index contributed by atoms with van der Waals surface area (Å²) in [5.74, 6) is 0. The average molecular weight is 211 g/mol. The number of fused-ring (bicyclic) bond motifs is 1. The van der Waals surface area contributed by atoms with Crippen molar-refractivity contribution >= 4 is 11.3 Å². The Kier molecular flexibility index (Phi) is 2.64. The molecule has 0 spiro atoms. The molecule has 0 saturated carbocycles. The number of hydrogen-bond acceptors (Lipinski definition) is 3. The molecule has 0 fully saturated rings. The molecule has 1 aliphatic rings. The largest absolute Gasteiger partial charge is 0.379 e. The van der Waals surface area contributed by atoms with Crippen LogP contribution in [0.1, 0.15) is 24.3 Å². The van der Waals surface area contributed by atoms with Gasteiger partial charge in [-0.2, -0.15) is 0 Å². The van der Waals surface area contributed by atoms with E-state index in [0.717, 1.165) is 13.0 Å². The first-order chi connectivity index (χ1) is 6.68. The Morgan fingerprint density at radius 2 is 2.43 bits per heavy atom. The summed E-state index contributed by atoms with van der Waals surface area (Å²) in [4.78, 5) is 1.51. The fraction of sp³-hybridized carbons (Fsp3) is 0.636.